The molecule has 6 nitrogen and oxygen atoms in total. The molecule has 1 aliphatic heterocycles. The zero-order valence-electron chi connectivity index (χ0n) is 11.3. The molecule has 2 heterocycles. The molecule has 0 aromatic carbocycles. The van der Waals surface area contributed by atoms with Crippen LogP contribution in [0.2, 0.25) is 0 Å². The van der Waals surface area contributed by atoms with Gasteiger partial charge in [0.05, 0.1) is 11.5 Å². The Hall–Kier alpha value is -1.37. The molecule has 19 heavy (non-hydrogen) atoms. The summed E-state index contributed by atoms with van der Waals surface area (Å²) in [6.07, 6.45) is 0.736. The lowest BCUT2D eigenvalue weighted by Crippen LogP contribution is -2.17. The molecule has 1 aromatic rings. The van der Waals surface area contributed by atoms with Gasteiger partial charge < -0.3 is 10.6 Å². The molecule has 0 radical (unpaired) electrons. The minimum atomic E-state index is -2.81. The summed E-state index contributed by atoms with van der Waals surface area (Å²) in [6.45, 7) is 5.29. The third kappa shape index (κ3) is 4.05. The summed E-state index contributed by atoms with van der Waals surface area (Å²) < 4.78 is 22.8. The summed E-state index contributed by atoms with van der Waals surface area (Å²) >= 11 is 0. The number of hydrogen-bond acceptors (Lipinski definition) is 6. The van der Waals surface area contributed by atoms with E-state index >= 15 is 0 Å². The SMILES string of the molecule is CCNc1cc(NCC2CCS(=O)(=O)C2)nc(C)n1. The van der Waals surface area contributed by atoms with E-state index in [1.807, 2.05) is 19.9 Å². The van der Waals surface area contributed by atoms with Gasteiger partial charge in [0.1, 0.15) is 17.5 Å². The monoisotopic (exact) mass is 284 g/mol. The fourth-order valence-corrected chi connectivity index (χ4v) is 4.07. The van der Waals surface area contributed by atoms with Crippen LogP contribution in [0, 0.1) is 12.8 Å². The molecule has 2 rings (SSSR count). The highest BCUT2D eigenvalue weighted by Crippen LogP contribution is 2.19. The molecule has 7 heteroatoms. The minimum absolute atomic E-state index is 0.183. The Balaban J connectivity index is 1.96. The van der Waals surface area contributed by atoms with E-state index < -0.39 is 9.84 Å². The number of nitrogens with one attached hydrogen (secondary N) is 2. The summed E-state index contributed by atoms with van der Waals surface area (Å²) in [7, 11) is -2.81. The van der Waals surface area contributed by atoms with Gasteiger partial charge in [0.15, 0.2) is 9.84 Å². The maximum absolute atomic E-state index is 11.4. The summed E-state index contributed by atoms with van der Waals surface area (Å²) in [5, 5.41) is 6.35. The van der Waals surface area contributed by atoms with Gasteiger partial charge in [0.25, 0.3) is 0 Å². The smallest absolute Gasteiger partial charge is 0.150 e. The number of aryl methyl sites for hydroxylation is 1. The van der Waals surface area contributed by atoms with Crippen molar-refractivity contribution in [2.75, 3.05) is 35.2 Å². The number of hydrogen-bond donors (Lipinski definition) is 2. The van der Waals surface area contributed by atoms with Crippen molar-refractivity contribution < 1.29 is 8.42 Å². The molecule has 0 aliphatic carbocycles. The molecular formula is C12H20N4O2S. The van der Waals surface area contributed by atoms with Crippen molar-refractivity contribution in [3.8, 4) is 0 Å². The second-order valence-corrected chi connectivity index (χ2v) is 7.09. The van der Waals surface area contributed by atoms with Crippen LogP contribution in [0.1, 0.15) is 19.2 Å². The maximum Gasteiger partial charge on any atom is 0.150 e. The molecule has 1 aliphatic rings. The van der Waals surface area contributed by atoms with Gasteiger partial charge in [-0.3, -0.25) is 0 Å². The fourth-order valence-electron chi connectivity index (χ4n) is 2.21. The van der Waals surface area contributed by atoms with Crippen LogP contribution in [0.15, 0.2) is 6.07 Å². The third-order valence-electron chi connectivity index (χ3n) is 3.09. The fraction of sp³-hybridized carbons (Fsp3) is 0.667. The first-order valence-electron chi connectivity index (χ1n) is 6.52. The highest BCUT2D eigenvalue weighted by atomic mass is 32.2. The molecule has 0 amide bonds. The Morgan fingerprint density at radius 2 is 2.00 bits per heavy atom. The molecule has 2 N–H and O–H groups in total. The number of sulfone groups is 1. The topological polar surface area (TPSA) is 84.0 Å². The molecule has 1 saturated heterocycles. The quantitative estimate of drug-likeness (QED) is 0.841. The van der Waals surface area contributed by atoms with Crippen LogP contribution in [-0.2, 0) is 9.84 Å². The summed E-state index contributed by atoms with van der Waals surface area (Å²) in [5.41, 5.74) is 0. The van der Waals surface area contributed by atoms with Crippen molar-refractivity contribution in [1.29, 1.82) is 0 Å². The molecule has 0 spiro atoms. The van der Waals surface area contributed by atoms with Gasteiger partial charge in [0, 0.05) is 19.2 Å². The zero-order valence-corrected chi connectivity index (χ0v) is 12.1. The molecule has 0 saturated carbocycles. The number of anilines is 2. The van der Waals surface area contributed by atoms with Gasteiger partial charge in [-0.25, -0.2) is 18.4 Å². The van der Waals surface area contributed by atoms with Gasteiger partial charge in [-0.2, -0.15) is 0 Å². The van der Waals surface area contributed by atoms with E-state index in [1.165, 1.54) is 0 Å². The Morgan fingerprint density at radius 1 is 1.32 bits per heavy atom. The zero-order chi connectivity index (χ0) is 13.9. The lowest BCUT2D eigenvalue weighted by Gasteiger charge is -2.12. The molecule has 0 bridgehead atoms. The average Bonchev–Trinajstić information content (AvgIpc) is 2.66. The van der Waals surface area contributed by atoms with Crippen molar-refractivity contribution >= 4 is 21.5 Å². The number of nitrogens with zero attached hydrogens (tertiary/aromatic N) is 2. The number of rotatable bonds is 5. The van der Waals surface area contributed by atoms with Crippen LogP contribution in [0.3, 0.4) is 0 Å². The van der Waals surface area contributed by atoms with Crippen LogP contribution in [-0.4, -0.2) is 43.0 Å². The molecule has 106 valence electrons. The van der Waals surface area contributed by atoms with Crippen molar-refractivity contribution in [2.45, 2.75) is 20.3 Å². The summed E-state index contributed by atoms with van der Waals surface area (Å²) in [4.78, 5) is 8.57. The van der Waals surface area contributed by atoms with Gasteiger partial charge in [-0.1, -0.05) is 0 Å². The van der Waals surface area contributed by atoms with E-state index in [2.05, 4.69) is 20.6 Å². The Labute approximate surface area is 114 Å². The second-order valence-electron chi connectivity index (χ2n) is 4.87. The maximum atomic E-state index is 11.4. The average molecular weight is 284 g/mol. The predicted molar refractivity (Wildman–Crippen MR) is 76.2 cm³/mol. The Morgan fingerprint density at radius 3 is 2.58 bits per heavy atom. The van der Waals surface area contributed by atoms with E-state index in [9.17, 15) is 8.42 Å². The lowest BCUT2D eigenvalue weighted by molar-refractivity contribution is 0.595. The van der Waals surface area contributed by atoms with Gasteiger partial charge in [-0.05, 0) is 26.2 Å². The molecule has 1 unspecified atom stereocenters. The van der Waals surface area contributed by atoms with E-state index in [-0.39, 0.29) is 11.7 Å². The van der Waals surface area contributed by atoms with E-state index in [0.29, 0.717) is 18.1 Å². The van der Waals surface area contributed by atoms with E-state index in [0.717, 1.165) is 24.6 Å². The van der Waals surface area contributed by atoms with Crippen molar-refractivity contribution in [3.63, 3.8) is 0 Å². The van der Waals surface area contributed by atoms with Crippen molar-refractivity contribution in [3.05, 3.63) is 11.9 Å². The minimum Gasteiger partial charge on any atom is -0.370 e. The predicted octanol–water partition coefficient (Wildman–Crippen LogP) is 1.06. The molecular weight excluding hydrogens is 264 g/mol. The lowest BCUT2D eigenvalue weighted by atomic mass is 10.1. The van der Waals surface area contributed by atoms with Gasteiger partial charge in [0.2, 0.25) is 0 Å². The number of aromatic nitrogens is 2. The first-order chi connectivity index (χ1) is 8.98. The Kier molecular flexibility index (Phi) is 4.24. The van der Waals surface area contributed by atoms with E-state index in [4.69, 9.17) is 0 Å². The highest BCUT2D eigenvalue weighted by molar-refractivity contribution is 7.91. The first kappa shape index (κ1) is 14.0. The van der Waals surface area contributed by atoms with Crippen LogP contribution < -0.4 is 10.6 Å². The Bertz CT molecular complexity index is 545. The van der Waals surface area contributed by atoms with Crippen LogP contribution >= 0.6 is 0 Å². The summed E-state index contributed by atoms with van der Waals surface area (Å²) in [6, 6.07) is 1.85. The first-order valence-corrected chi connectivity index (χ1v) is 8.34. The van der Waals surface area contributed by atoms with Crippen molar-refractivity contribution in [1.82, 2.24) is 9.97 Å². The van der Waals surface area contributed by atoms with Crippen LogP contribution in [0.5, 0.6) is 0 Å². The van der Waals surface area contributed by atoms with Crippen molar-refractivity contribution in [2.24, 2.45) is 5.92 Å². The van der Waals surface area contributed by atoms with Crippen LogP contribution in [0.25, 0.3) is 0 Å². The standard InChI is InChI=1S/C12H20N4O2S/c1-3-13-11-6-12(16-9(2)15-11)14-7-10-4-5-19(17,18)8-10/h6,10H,3-5,7-8H2,1-2H3,(H2,13,14,15,16). The second kappa shape index (κ2) is 5.73. The summed E-state index contributed by atoms with van der Waals surface area (Å²) in [5.74, 6) is 3.00. The third-order valence-corrected chi connectivity index (χ3v) is 4.93. The van der Waals surface area contributed by atoms with Gasteiger partial charge >= 0.3 is 0 Å². The molecule has 1 atom stereocenters. The van der Waals surface area contributed by atoms with Gasteiger partial charge in [-0.15, -0.1) is 0 Å². The van der Waals surface area contributed by atoms with Crippen LogP contribution in [0.4, 0.5) is 11.6 Å². The normalized spacial score (nSPS) is 21.3. The largest absolute Gasteiger partial charge is 0.370 e. The molecule has 1 fully saturated rings. The molecule has 1 aromatic heterocycles. The van der Waals surface area contributed by atoms with E-state index in [1.54, 1.807) is 0 Å². The highest BCUT2D eigenvalue weighted by Gasteiger charge is 2.27.